The van der Waals surface area contributed by atoms with E-state index in [2.05, 4.69) is 10.1 Å². The van der Waals surface area contributed by atoms with E-state index in [0.717, 1.165) is 19.4 Å². The Hall–Kier alpha value is -1.50. The van der Waals surface area contributed by atoms with Crippen LogP contribution >= 0.6 is 0 Å². The number of alkyl carbamates (subject to hydrolysis) is 1. The Kier molecular flexibility index (Phi) is 6.41. The van der Waals surface area contributed by atoms with E-state index >= 15 is 0 Å². The van der Waals surface area contributed by atoms with Crippen molar-refractivity contribution in [2.45, 2.75) is 39.0 Å². The van der Waals surface area contributed by atoms with Gasteiger partial charge in [-0.2, -0.15) is 0 Å². The summed E-state index contributed by atoms with van der Waals surface area (Å²) < 4.78 is 14.4. The number of nitrogens with zero attached hydrogens (tertiary/aromatic N) is 1. The number of carbonyl (C=O) groups is 2. The molecule has 0 aliphatic carbocycles. The lowest BCUT2D eigenvalue weighted by Crippen LogP contribution is -2.45. The summed E-state index contributed by atoms with van der Waals surface area (Å²) in [6.45, 7) is 5.41. The molecule has 1 heterocycles. The molecule has 1 N–H and O–H groups in total. The highest BCUT2D eigenvalue weighted by Gasteiger charge is 2.29. The van der Waals surface area contributed by atoms with Crippen LogP contribution in [0.1, 0.15) is 26.7 Å². The maximum atomic E-state index is 11.3. The summed E-state index contributed by atoms with van der Waals surface area (Å²) in [4.78, 5) is 24.4. The first-order valence-corrected chi connectivity index (χ1v) is 6.48. The molecule has 0 unspecified atom stereocenters. The van der Waals surface area contributed by atoms with Crippen LogP contribution in [0.4, 0.5) is 9.59 Å². The van der Waals surface area contributed by atoms with Crippen LogP contribution < -0.4 is 5.32 Å². The molecule has 0 aromatic carbocycles. The second kappa shape index (κ2) is 7.83. The van der Waals surface area contributed by atoms with Crippen LogP contribution in [-0.2, 0) is 14.2 Å². The third-order valence-corrected chi connectivity index (χ3v) is 2.85. The smallest absolute Gasteiger partial charge is 0.450 e. The first-order valence-electron chi connectivity index (χ1n) is 6.48. The summed E-state index contributed by atoms with van der Waals surface area (Å²) in [5.74, 6) is 0. The normalized spacial score (nSPS) is 20.7. The SMILES string of the molecule is CCOC(=O)N[C@@H](C)CN1CCC[C@@H]1OC(=O)OC. The average Bonchev–Trinajstić information content (AvgIpc) is 2.76. The van der Waals surface area contributed by atoms with Crippen LogP contribution in [0.2, 0.25) is 0 Å². The Morgan fingerprint density at radius 2 is 2.21 bits per heavy atom. The highest BCUT2D eigenvalue weighted by atomic mass is 16.7. The summed E-state index contributed by atoms with van der Waals surface area (Å²) in [5, 5.41) is 2.72. The van der Waals surface area contributed by atoms with Crippen molar-refractivity contribution >= 4 is 12.2 Å². The highest BCUT2D eigenvalue weighted by molar-refractivity contribution is 5.67. The lowest BCUT2D eigenvalue weighted by molar-refractivity contribution is -0.0240. The van der Waals surface area contributed by atoms with E-state index in [4.69, 9.17) is 9.47 Å². The fourth-order valence-corrected chi connectivity index (χ4v) is 2.07. The molecule has 1 fully saturated rings. The summed E-state index contributed by atoms with van der Waals surface area (Å²) in [7, 11) is 1.28. The standard InChI is InChI=1S/C12H22N2O5/c1-4-18-11(15)13-9(2)8-14-7-5-6-10(14)19-12(16)17-3/h9-10H,4-8H2,1-3H3,(H,13,15)/t9-,10-/m0/s1. The minimum absolute atomic E-state index is 0.0825. The first-order chi connectivity index (χ1) is 9.06. The Bertz CT molecular complexity index is 310. The fourth-order valence-electron chi connectivity index (χ4n) is 2.07. The Morgan fingerprint density at radius 1 is 1.47 bits per heavy atom. The zero-order chi connectivity index (χ0) is 14.3. The molecule has 110 valence electrons. The largest absolute Gasteiger partial charge is 0.509 e. The van der Waals surface area contributed by atoms with Gasteiger partial charge in [0, 0.05) is 19.1 Å². The van der Waals surface area contributed by atoms with Crippen LogP contribution in [0.25, 0.3) is 0 Å². The summed E-state index contributed by atoms with van der Waals surface area (Å²) in [5.41, 5.74) is 0. The van der Waals surface area contributed by atoms with E-state index in [1.807, 2.05) is 11.8 Å². The van der Waals surface area contributed by atoms with E-state index in [9.17, 15) is 9.59 Å². The third kappa shape index (κ3) is 5.34. The van der Waals surface area contributed by atoms with Crippen LogP contribution in [0.5, 0.6) is 0 Å². The zero-order valence-electron chi connectivity index (χ0n) is 11.7. The number of hydrogen-bond donors (Lipinski definition) is 1. The predicted molar refractivity (Wildman–Crippen MR) is 67.7 cm³/mol. The molecule has 19 heavy (non-hydrogen) atoms. The van der Waals surface area contributed by atoms with E-state index in [1.54, 1.807) is 6.92 Å². The van der Waals surface area contributed by atoms with Crippen molar-refractivity contribution in [2.75, 3.05) is 26.8 Å². The minimum Gasteiger partial charge on any atom is -0.450 e. The summed E-state index contributed by atoms with van der Waals surface area (Å²) in [6, 6.07) is -0.0825. The Balaban J connectivity index is 2.37. The van der Waals surface area contributed by atoms with Gasteiger partial charge >= 0.3 is 12.2 Å². The second-order valence-electron chi connectivity index (χ2n) is 4.43. The van der Waals surface area contributed by atoms with Gasteiger partial charge in [-0.1, -0.05) is 0 Å². The van der Waals surface area contributed by atoms with Gasteiger partial charge in [-0.15, -0.1) is 0 Å². The van der Waals surface area contributed by atoms with E-state index in [0.29, 0.717) is 13.2 Å². The number of nitrogens with one attached hydrogen (secondary N) is 1. The van der Waals surface area contributed by atoms with Crippen molar-refractivity contribution < 1.29 is 23.8 Å². The number of rotatable bonds is 5. The molecule has 0 radical (unpaired) electrons. The number of amides is 1. The summed E-state index contributed by atoms with van der Waals surface area (Å²) >= 11 is 0. The van der Waals surface area contributed by atoms with Crippen molar-refractivity contribution in [1.29, 1.82) is 0 Å². The van der Waals surface area contributed by atoms with Crippen LogP contribution in [0, 0.1) is 0 Å². The molecule has 2 atom stereocenters. The minimum atomic E-state index is -0.678. The van der Waals surface area contributed by atoms with Gasteiger partial charge in [0.25, 0.3) is 0 Å². The molecule has 7 nitrogen and oxygen atoms in total. The van der Waals surface area contributed by atoms with E-state index in [1.165, 1.54) is 7.11 Å². The van der Waals surface area contributed by atoms with Gasteiger partial charge in [-0.05, 0) is 26.7 Å². The molecule has 1 saturated heterocycles. The van der Waals surface area contributed by atoms with Crippen molar-refractivity contribution in [2.24, 2.45) is 0 Å². The van der Waals surface area contributed by atoms with Crippen LogP contribution in [0.3, 0.4) is 0 Å². The maximum absolute atomic E-state index is 11.3. The first kappa shape index (κ1) is 15.6. The van der Waals surface area contributed by atoms with Gasteiger partial charge in [-0.3, -0.25) is 4.90 Å². The quantitative estimate of drug-likeness (QED) is 0.762. The Morgan fingerprint density at radius 3 is 2.84 bits per heavy atom. The number of likely N-dealkylation sites (tertiary alicyclic amines) is 1. The lowest BCUT2D eigenvalue weighted by Gasteiger charge is -2.26. The van der Waals surface area contributed by atoms with Crippen molar-refractivity contribution in [3.8, 4) is 0 Å². The van der Waals surface area contributed by atoms with E-state index in [-0.39, 0.29) is 12.3 Å². The molecule has 7 heteroatoms. The van der Waals surface area contributed by atoms with Gasteiger partial charge < -0.3 is 19.5 Å². The highest BCUT2D eigenvalue weighted by Crippen LogP contribution is 2.18. The van der Waals surface area contributed by atoms with Crippen molar-refractivity contribution in [3.63, 3.8) is 0 Å². The number of carbonyl (C=O) groups excluding carboxylic acids is 2. The molecule has 0 bridgehead atoms. The Labute approximate surface area is 113 Å². The molecular formula is C12H22N2O5. The van der Waals surface area contributed by atoms with Gasteiger partial charge in [-0.25, -0.2) is 9.59 Å². The molecule has 1 aliphatic heterocycles. The maximum Gasteiger partial charge on any atom is 0.509 e. The van der Waals surface area contributed by atoms with Gasteiger partial charge in [0.15, 0.2) is 6.23 Å². The number of hydrogen-bond acceptors (Lipinski definition) is 6. The lowest BCUT2D eigenvalue weighted by atomic mass is 10.3. The topological polar surface area (TPSA) is 77.1 Å². The van der Waals surface area contributed by atoms with Crippen molar-refractivity contribution in [1.82, 2.24) is 10.2 Å². The fraction of sp³-hybridized carbons (Fsp3) is 0.833. The number of methoxy groups -OCH3 is 1. The van der Waals surface area contributed by atoms with Crippen LogP contribution in [-0.4, -0.2) is 56.2 Å². The molecule has 1 rings (SSSR count). The van der Waals surface area contributed by atoms with Crippen LogP contribution in [0.15, 0.2) is 0 Å². The molecule has 1 aliphatic rings. The van der Waals surface area contributed by atoms with Gasteiger partial charge in [0.1, 0.15) is 0 Å². The monoisotopic (exact) mass is 274 g/mol. The third-order valence-electron chi connectivity index (χ3n) is 2.85. The number of ether oxygens (including phenoxy) is 3. The van der Waals surface area contributed by atoms with Gasteiger partial charge in [0.2, 0.25) is 0 Å². The van der Waals surface area contributed by atoms with Gasteiger partial charge in [0.05, 0.1) is 13.7 Å². The molecule has 0 spiro atoms. The van der Waals surface area contributed by atoms with Crippen molar-refractivity contribution in [3.05, 3.63) is 0 Å². The summed E-state index contributed by atoms with van der Waals surface area (Å²) in [6.07, 6.45) is 0.344. The molecular weight excluding hydrogens is 252 g/mol. The molecule has 0 aromatic rings. The molecule has 0 aromatic heterocycles. The molecule has 0 saturated carbocycles. The predicted octanol–water partition coefficient (Wildman–Crippen LogP) is 1.33. The average molecular weight is 274 g/mol. The molecule has 1 amide bonds. The van der Waals surface area contributed by atoms with E-state index < -0.39 is 12.2 Å². The zero-order valence-corrected chi connectivity index (χ0v) is 11.7. The second-order valence-corrected chi connectivity index (χ2v) is 4.43.